The summed E-state index contributed by atoms with van der Waals surface area (Å²) in [6.45, 7) is 1.70. The van der Waals surface area contributed by atoms with Crippen LogP contribution in [0.2, 0.25) is 0 Å². The molecule has 0 bridgehead atoms. The van der Waals surface area contributed by atoms with E-state index in [4.69, 9.17) is 5.73 Å². The van der Waals surface area contributed by atoms with Gasteiger partial charge >= 0.3 is 0 Å². The molecule has 2 aliphatic heterocycles. The third kappa shape index (κ3) is 2.31. The second-order valence-electron chi connectivity index (χ2n) is 5.53. The summed E-state index contributed by atoms with van der Waals surface area (Å²) in [6.07, 6.45) is 2.15. The lowest BCUT2D eigenvalue weighted by atomic mass is 9.95. The predicted octanol–water partition coefficient (Wildman–Crippen LogP) is 0.781. The zero-order valence-electron chi connectivity index (χ0n) is 11.6. The first-order valence-electron chi connectivity index (χ1n) is 7.10. The number of carbonyl (C=O) groups excluding carboxylic acids is 3. The van der Waals surface area contributed by atoms with Gasteiger partial charge in [-0.05, 0) is 44.0 Å². The Labute approximate surface area is 122 Å². The molecular formula is C15H17N3O3. The Morgan fingerprint density at radius 3 is 2.81 bits per heavy atom. The zero-order chi connectivity index (χ0) is 15.0. The molecule has 3 amide bonds. The number of piperidine rings is 1. The van der Waals surface area contributed by atoms with Crippen molar-refractivity contribution in [2.45, 2.75) is 19.3 Å². The number of nitrogen functional groups attached to an aromatic ring is 1. The summed E-state index contributed by atoms with van der Waals surface area (Å²) in [5, 5.41) is 3.22. The molecule has 0 spiro atoms. The summed E-state index contributed by atoms with van der Waals surface area (Å²) in [5.41, 5.74) is 6.35. The molecule has 0 aliphatic carbocycles. The second kappa shape index (κ2) is 5.29. The Morgan fingerprint density at radius 2 is 2.14 bits per heavy atom. The van der Waals surface area contributed by atoms with Gasteiger partial charge in [0.2, 0.25) is 5.91 Å². The van der Waals surface area contributed by atoms with Crippen molar-refractivity contribution in [1.82, 2.24) is 10.2 Å². The van der Waals surface area contributed by atoms with E-state index in [2.05, 4.69) is 5.32 Å². The van der Waals surface area contributed by atoms with E-state index in [9.17, 15) is 14.4 Å². The quantitative estimate of drug-likeness (QED) is 0.619. The average Bonchev–Trinajstić information content (AvgIpc) is 2.73. The van der Waals surface area contributed by atoms with Gasteiger partial charge in [0, 0.05) is 12.1 Å². The Kier molecular flexibility index (Phi) is 3.47. The summed E-state index contributed by atoms with van der Waals surface area (Å²) in [5.74, 6) is -1.42. The summed E-state index contributed by atoms with van der Waals surface area (Å²) in [7, 11) is 0. The lowest BCUT2D eigenvalue weighted by Gasteiger charge is -2.23. The van der Waals surface area contributed by atoms with Crippen molar-refractivity contribution < 1.29 is 14.4 Å². The minimum atomic E-state index is -0.595. The van der Waals surface area contributed by atoms with Gasteiger partial charge in [0.1, 0.15) is 0 Å². The van der Waals surface area contributed by atoms with E-state index in [1.54, 1.807) is 12.1 Å². The number of nitrogens with zero attached hydrogens (tertiary/aromatic N) is 1. The molecule has 1 fully saturated rings. The number of fused-ring (bicyclic) bond motifs is 1. The Balaban J connectivity index is 1.81. The number of rotatable bonds is 2. The van der Waals surface area contributed by atoms with Crippen molar-refractivity contribution in [2.75, 3.05) is 18.8 Å². The monoisotopic (exact) mass is 287 g/mol. The Hall–Kier alpha value is -2.21. The fourth-order valence-electron chi connectivity index (χ4n) is 2.97. The first-order valence-corrected chi connectivity index (χ1v) is 7.10. The molecule has 1 unspecified atom stereocenters. The average molecular weight is 287 g/mol. The van der Waals surface area contributed by atoms with Crippen LogP contribution in [0.1, 0.15) is 40.0 Å². The molecule has 1 saturated heterocycles. The van der Waals surface area contributed by atoms with Crippen molar-refractivity contribution in [3.63, 3.8) is 0 Å². The van der Waals surface area contributed by atoms with Crippen molar-refractivity contribution in [3.05, 3.63) is 29.3 Å². The summed E-state index contributed by atoms with van der Waals surface area (Å²) in [6, 6.07) is 4.70. The number of amides is 3. The number of nitrogens with one attached hydrogen (secondary N) is 1. The highest BCUT2D eigenvalue weighted by molar-refractivity contribution is 6.30. The van der Waals surface area contributed by atoms with Gasteiger partial charge in [0.25, 0.3) is 11.8 Å². The van der Waals surface area contributed by atoms with Crippen molar-refractivity contribution >= 4 is 23.4 Å². The lowest BCUT2D eigenvalue weighted by Crippen LogP contribution is -2.39. The predicted molar refractivity (Wildman–Crippen MR) is 76.6 cm³/mol. The topological polar surface area (TPSA) is 92.5 Å². The van der Waals surface area contributed by atoms with Crippen molar-refractivity contribution in [1.29, 1.82) is 0 Å². The fraction of sp³-hybridized carbons (Fsp3) is 0.400. The summed E-state index contributed by atoms with van der Waals surface area (Å²) in [4.78, 5) is 37.6. The number of hydrogen-bond donors (Lipinski definition) is 2. The number of anilines is 1. The normalized spacial score (nSPS) is 21.5. The smallest absolute Gasteiger partial charge is 0.270 e. The maximum absolute atomic E-state index is 12.3. The van der Waals surface area contributed by atoms with Crippen LogP contribution in [0.5, 0.6) is 0 Å². The van der Waals surface area contributed by atoms with Crippen LogP contribution in [0.25, 0.3) is 0 Å². The molecule has 1 atom stereocenters. The minimum absolute atomic E-state index is 0.151. The van der Waals surface area contributed by atoms with Gasteiger partial charge in [0.05, 0.1) is 11.1 Å². The van der Waals surface area contributed by atoms with Gasteiger partial charge in [-0.15, -0.1) is 0 Å². The fourth-order valence-corrected chi connectivity index (χ4v) is 2.97. The number of hydrogen-bond acceptors (Lipinski definition) is 5. The first-order chi connectivity index (χ1) is 10.1. The molecule has 0 aromatic heterocycles. The Morgan fingerprint density at radius 1 is 1.33 bits per heavy atom. The largest absolute Gasteiger partial charge is 0.398 e. The molecule has 2 aliphatic rings. The molecule has 3 rings (SSSR count). The molecule has 110 valence electrons. The molecule has 0 saturated carbocycles. The van der Waals surface area contributed by atoms with E-state index in [0.717, 1.165) is 30.8 Å². The van der Waals surface area contributed by atoms with Gasteiger partial charge in [0.15, 0.2) is 0 Å². The summed E-state index contributed by atoms with van der Waals surface area (Å²) >= 11 is 0. The lowest BCUT2D eigenvalue weighted by molar-refractivity contribution is -0.127. The maximum Gasteiger partial charge on any atom is 0.270 e. The molecule has 0 radical (unpaired) electrons. The van der Waals surface area contributed by atoms with Gasteiger partial charge in [-0.25, -0.2) is 4.90 Å². The van der Waals surface area contributed by atoms with Crippen LogP contribution >= 0.6 is 0 Å². The number of benzene rings is 1. The van der Waals surface area contributed by atoms with E-state index in [1.807, 2.05) is 0 Å². The third-order valence-corrected chi connectivity index (χ3v) is 4.06. The van der Waals surface area contributed by atoms with Crippen LogP contribution in [0.15, 0.2) is 18.2 Å². The molecule has 2 heterocycles. The molecule has 1 aromatic carbocycles. The first kappa shape index (κ1) is 13.8. The van der Waals surface area contributed by atoms with Gasteiger partial charge in [-0.1, -0.05) is 6.07 Å². The minimum Gasteiger partial charge on any atom is -0.398 e. The zero-order valence-corrected chi connectivity index (χ0v) is 11.6. The molecular weight excluding hydrogens is 270 g/mol. The highest BCUT2D eigenvalue weighted by Crippen LogP contribution is 2.29. The van der Waals surface area contributed by atoms with Crippen LogP contribution in [-0.4, -0.2) is 35.7 Å². The molecule has 21 heavy (non-hydrogen) atoms. The molecule has 3 N–H and O–H groups in total. The van der Waals surface area contributed by atoms with Crippen molar-refractivity contribution in [2.24, 2.45) is 5.92 Å². The van der Waals surface area contributed by atoms with Gasteiger partial charge in [-0.2, -0.15) is 0 Å². The van der Waals surface area contributed by atoms with E-state index in [0.29, 0.717) is 0 Å². The standard InChI is InChI=1S/C15H17N3O3/c16-11-5-1-4-10-13(11)15(21)18(14(10)20)12(19)7-9-3-2-6-17-8-9/h1,4-5,9,17H,2-3,6-8,16H2. The third-order valence-electron chi connectivity index (χ3n) is 4.06. The van der Waals surface area contributed by atoms with E-state index in [1.165, 1.54) is 6.07 Å². The number of nitrogens with two attached hydrogens (primary N) is 1. The van der Waals surface area contributed by atoms with Crippen LogP contribution in [0.3, 0.4) is 0 Å². The second-order valence-corrected chi connectivity index (χ2v) is 5.53. The summed E-state index contributed by atoms with van der Waals surface area (Å²) < 4.78 is 0. The highest BCUT2D eigenvalue weighted by atomic mass is 16.2. The number of carbonyl (C=O) groups is 3. The molecule has 6 nitrogen and oxygen atoms in total. The van der Waals surface area contributed by atoms with Crippen LogP contribution < -0.4 is 11.1 Å². The van der Waals surface area contributed by atoms with Crippen LogP contribution in [0.4, 0.5) is 5.69 Å². The van der Waals surface area contributed by atoms with Gasteiger partial charge < -0.3 is 11.1 Å². The maximum atomic E-state index is 12.3. The SMILES string of the molecule is Nc1cccc2c1C(=O)N(C(=O)CC1CCCNC1)C2=O. The van der Waals surface area contributed by atoms with E-state index >= 15 is 0 Å². The van der Waals surface area contributed by atoms with E-state index < -0.39 is 17.7 Å². The molecule has 1 aromatic rings. The van der Waals surface area contributed by atoms with Crippen LogP contribution in [0, 0.1) is 5.92 Å². The highest BCUT2D eigenvalue weighted by Gasteiger charge is 2.41. The van der Waals surface area contributed by atoms with E-state index in [-0.39, 0.29) is 29.2 Å². The van der Waals surface area contributed by atoms with Crippen molar-refractivity contribution in [3.8, 4) is 0 Å². The number of imide groups is 3. The Bertz CT molecular complexity index is 621. The molecule has 6 heteroatoms. The van der Waals surface area contributed by atoms with Crippen LogP contribution in [-0.2, 0) is 4.79 Å². The van der Waals surface area contributed by atoms with Gasteiger partial charge in [-0.3, -0.25) is 14.4 Å².